The number of aromatic nitrogens is 2. The van der Waals surface area contributed by atoms with Crippen molar-refractivity contribution in [3.63, 3.8) is 0 Å². The lowest BCUT2D eigenvalue weighted by atomic mass is 9.92. The second-order valence-electron chi connectivity index (χ2n) is 5.49. The van der Waals surface area contributed by atoms with Crippen molar-refractivity contribution < 1.29 is 0 Å². The lowest BCUT2D eigenvalue weighted by Crippen LogP contribution is -2.15. The molecule has 1 aliphatic rings. The molecule has 0 fully saturated rings. The van der Waals surface area contributed by atoms with Gasteiger partial charge in [-0.25, -0.2) is 4.98 Å². The highest BCUT2D eigenvalue weighted by Crippen LogP contribution is 2.29. The highest BCUT2D eigenvalue weighted by atomic mass is 32.1. The van der Waals surface area contributed by atoms with Crippen molar-refractivity contribution in [1.29, 1.82) is 0 Å². The number of nitrogens with two attached hydrogens (primary N) is 1. The molecule has 0 radical (unpaired) electrons. The van der Waals surface area contributed by atoms with Gasteiger partial charge in [-0.1, -0.05) is 12.1 Å². The predicted molar refractivity (Wildman–Crippen MR) is 83.0 cm³/mol. The van der Waals surface area contributed by atoms with Crippen LogP contribution in [-0.2, 0) is 13.0 Å². The topological polar surface area (TPSA) is 43.8 Å². The molecular weight excluding hydrogens is 266 g/mol. The minimum Gasteiger partial charge on any atom is -0.347 e. The number of aryl methyl sites for hydroxylation is 1. The first kappa shape index (κ1) is 12.1. The zero-order valence-corrected chi connectivity index (χ0v) is 12.1. The molecule has 0 bridgehead atoms. The van der Waals surface area contributed by atoms with Gasteiger partial charge in [0.25, 0.3) is 0 Å². The first-order valence-corrected chi connectivity index (χ1v) is 7.90. The van der Waals surface area contributed by atoms with E-state index in [-0.39, 0.29) is 6.04 Å². The molecule has 3 aromatic rings. The molecule has 20 heavy (non-hydrogen) atoms. The van der Waals surface area contributed by atoms with Crippen LogP contribution in [0.5, 0.6) is 0 Å². The molecule has 0 aliphatic heterocycles. The predicted octanol–water partition coefficient (Wildman–Crippen LogP) is 3.48. The van der Waals surface area contributed by atoms with Gasteiger partial charge in [-0.3, -0.25) is 0 Å². The summed E-state index contributed by atoms with van der Waals surface area (Å²) in [7, 11) is 0. The Hall–Kier alpha value is -1.65. The summed E-state index contributed by atoms with van der Waals surface area (Å²) in [5.41, 5.74) is 10.0. The summed E-state index contributed by atoms with van der Waals surface area (Å²) in [6.07, 6.45) is 7.94. The Labute approximate surface area is 122 Å². The van der Waals surface area contributed by atoms with Crippen LogP contribution in [-0.4, -0.2) is 9.55 Å². The average Bonchev–Trinajstić information content (AvgIpc) is 3.02. The summed E-state index contributed by atoms with van der Waals surface area (Å²) in [4.78, 5) is 4.70. The number of hydrogen-bond acceptors (Lipinski definition) is 3. The minimum absolute atomic E-state index is 0.218. The fourth-order valence-electron chi connectivity index (χ4n) is 3.02. The SMILES string of the molecule is NC1CCCc2cn(Cc3nc4ccccc4s3)cc21. The van der Waals surface area contributed by atoms with E-state index >= 15 is 0 Å². The van der Waals surface area contributed by atoms with Crippen LogP contribution in [0.15, 0.2) is 36.7 Å². The van der Waals surface area contributed by atoms with E-state index in [1.165, 1.54) is 22.2 Å². The molecule has 4 heteroatoms. The molecule has 1 unspecified atom stereocenters. The minimum atomic E-state index is 0.218. The fraction of sp³-hybridized carbons (Fsp3) is 0.312. The first-order valence-electron chi connectivity index (χ1n) is 7.08. The van der Waals surface area contributed by atoms with Crippen molar-refractivity contribution in [2.75, 3.05) is 0 Å². The highest BCUT2D eigenvalue weighted by molar-refractivity contribution is 7.18. The molecule has 0 saturated carbocycles. The van der Waals surface area contributed by atoms with Crippen molar-refractivity contribution >= 4 is 21.6 Å². The van der Waals surface area contributed by atoms with Crippen molar-refractivity contribution in [3.8, 4) is 0 Å². The smallest absolute Gasteiger partial charge is 0.114 e. The zero-order valence-electron chi connectivity index (χ0n) is 11.2. The van der Waals surface area contributed by atoms with Crippen LogP contribution in [0.2, 0.25) is 0 Å². The molecule has 1 atom stereocenters. The van der Waals surface area contributed by atoms with Gasteiger partial charge < -0.3 is 10.3 Å². The molecular formula is C16H17N3S. The molecule has 0 saturated heterocycles. The van der Waals surface area contributed by atoms with Gasteiger partial charge in [-0.15, -0.1) is 11.3 Å². The number of benzene rings is 1. The molecule has 1 aliphatic carbocycles. The van der Waals surface area contributed by atoms with E-state index in [1.54, 1.807) is 11.3 Å². The van der Waals surface area contributed by atoms with E-state index in [0.717, 1.165) is 29.9 Å². The quantitative estimate of drug-likeness (QED) is 0.782. The molecule has 2 heterocycles. The third-order valence-electron chi connectivity index (χ3n) is 4.01. The number of nitrogens with zero attached hydrogens (tertiary/aromatic N) is 2. The van der Waals surface area contributed by atoms with Gasteiger partial charge in [0.05, 0.1) is 16.8 Å². The van der Waals surface area contributed by atoms with Crippen LogP contribution in [0.1, 0.15) is 35.0 Å². The monoisotopic (exact) mass is 283 g/mol. The standard InChI is InChI=1S/C16H17N3S/c17-13-5-3-4-11-8-19(9-12(11)13)10-16-18-14-6-1-2-7-15(14)20-16/h1-2,6-9,13H,3-5,10,17H2. The average molecular weight is 283 g/mol. The van der Waals surface area contributed by atoms with E-state index in [9.17, 15) is 0 Å². The van der Waals surface area contributed by atoms with Gasteiger partial charge >= 0.3 is 0 Å². The summed E-state index contributed by atoms with van der Waals surface area (Å²) in [5.74, 6) is 0. The molecule has 102 valence electrons. The van der Waals surface area contributed by atoms with Crippen LogP contribution < -0.4 is 5.73 Å². The normalized spacial score (nSPS) is 18.4. The molecule has 0 amide bonds. The Kier molecular flexibility index (Phi) is 2.86. The molecule has 2 N–H and O–H groups in total. The number of fused-ring (bicyclic) bond motifs is 2. The Balaban J connectivity index is 1.65. The first-order chi connectivity index (χ1) is 9.79. The van der Waals surface area contributed by atoms with Crippen LogP contribution in [0.4, 0.5) is 0 Å². The lowest BCUT2D eigenvalue weighted by Gasteiger charge is -2.17. The van der Waals surface area contributed by atoms with Crippen LogP contribution in [0.25, 0.3) is 10.2 Å². The van der Waals surface area contributed by atoms with Gasteiger partial charge in [0, 0.05) is 18.4 Å². The van der Waals surface area contributed by atoms with Crippen molar-refractivity contribution in [1.82, 2.24) is 9.55 Å². The van der Waals surface area contributed by atoms with Crippen molar-refractivity contribution in [3.05, 3.63) is 52.8 Å². The Bertz CT molecular complexity index is 723. The van der Waals surface area contributed by atoms with E-state index < -0.39 is 0 Å². The van der Waals surface area contributed by atoms with Gasteiger partial charge in [0.15, 0.2) is 0 Å². The Morgan fingerprint density at radius 2 is 2.20 bits per heavy atom. The third-order valence-corrected chi connectivity index (χ3v) is 5.04. The second-order valence-corrected chi connectivity index (χ2v) is 6.60. The third kappa shape index (κ3) is 2.05. The Morgan fingerprint density at radius 3 is 3.05 bits per heavy atom. The largest absolute Gasteiger partial charge is 0.347 e. The lowest BCUT2D eigenvalue weighted by molar-refractivity contribution is 0.573. The van der Waals surface area contributed by atoms with Crippen molar-refractivity contribution in [2.45, 2.75) is 31.8 Å². The number of rotatable bonds is 2. The van der Waals surface area contributed by atoms with Crippen LogP contribution >= 0.6 is 11.3 Å². The molecule has 4 rings (SSSR count). The van der Waals surface area contributed by atoms with Gasteiger partial charge in [-0.05, 0) is 42.5 Å². The second kappa shape index (κ2) is 4.72. The van der Waals surface area contributed by atoms with E-state index in [1.807, 2.05) is 6.07 Å². The zero-order chi connectivity index (χ0) is 13.5. The summed E-state index contributed by atoms with van der Waals surface area (Å²) in [6.45, 7) is 0.846. The number of thiazole rings is 1. The van der Waals surface area contributed by atoms with Gasteiger partial charge in [0.1, 0.15) is 5.01 Å². The van der Waals surface area contributed by atoms with E-state index in [4.69, 9.17) is 10.7 Å². The maximum Gasteiger partial charge on any atom is 0.114 e. The van der Waals surface area contributed by atoms with E-state index in [2.05, 4.69) is 35.2 Å². The van der Waals surface area contributed by atoms with Crippen LogP contribution in [0, 0.1) is 0 Å². The number of para-hydroxylation sites is 1. The molecule has 1 aromatic carbocycles. The van der Waals surface area contributed by atoms with Gasteiger partial charge in [-0.2, -0.15) is 0 Å². The van der Waals surface area contributed by atoms with Crippen molar-refractivity contribution in [2.24, 2.45) is 5.73 Å². The molecule has 3 nitrogen and oxygen atoms in total. The van der Waals surface area contributed by atoms with Crippen LogP contribution in [0.3, 0.4) is 0 Å². The summed E-state index contributed by atoms with van der Waals surface area (Å²) >= 11 is 1.78. The maximum atomic E-state index is 6.19. The molecule has 2 aromatic heterocycles. The summed E-state index contributed by atoms with van der Waals surface area (Å²) in [6, 6.07) is 8.53. The fourth-order valence-corrected chi connectivity index (χ4v) is 4.00. The summed E-state index contributed by atoms with van der Waals surface area (Å²) in [5, 5.41) is 1.16. The Morgan fingerprint density at radius 1 is 1.30 bits per heavy atom. The maximum absolute atomic E-state index is 6.19. The molecule has 0 spiro atoms. The number of hydrogen-bond donors (Lipinski definition) is 1. The van der Waals surface area contributed by atoms with Gasteiger partial charge in [0.2, 0.25) is 0 Å². The highest BCUT2D eigenvalue weighted by Gasteiger charge is 2.19. The van der Waals surface area contributed by atoms with E-state index in [0.29, 0.717) is 0 Å². The summed E-state index contributed by atoms with van der Waals surface area (Å²) < 4.78 is 3.50.